The Balaban J connectivity index is 1.81. The molecule has 0 aliphatic carbocycles. The van der Waals surface area contributed by atoms with Crippen LogP contribution in [0.3, 0.4) is 0 Å². The normalized spacial score (nSPS) is 27.1. The molecule has 2 aliphatic heterocycles. The summed E-state index contributed by atoms with van der Waals surface area (Å²) in [5, 5.41) is 86.7. The minimum Gasteiger partial charge on any atom is -0.394 e. The van der Waals surface area contributed by atoms with Gasteiger partial charge in [0.05, 0.1) is 32.0 Å². The summed E-state index contributed by atoms with van der Waals surface area (Å²) in [5.41, 5.74) is 0. The van der Waals surface area contributed by atoms with Crippen LogP contribution < -0.4 is 5.32 Å². The highest BCUT2D eigenvalue weighted by molar-refractivity contribution is 5.76. The van der Waals surface area contributed by atoms with Gasteiger partial charge in [0.25, 0.3) is 0 Å². The lowest BCUT2D eigenvalue weighted by Crippen LogP contribution is -2.65. The van der Waals surface area contributed by atoms with Crippen molar-refractivity contribution >= 4 is 5.91 Å². The number of ether oxygens (including phenoxy) is 4. The first-order chi connectivity index (χ1) is 32.6. The van der Waals surface area contributed by atoms with Gasteiger partial charge >= 0.3 is 0 Å². The number of allylic oxidation sites excluding steroid dienone is 9. The third-order valence-electron chi connectivity index (χ3n) is 12.5. The maximum absolute atomic E-state index is 13.2. The van der Waals surface area contributed by atoms with E-state index in [9.17, 15) is 45.6 Å². The lowest BCUT2D eigenvalue weighted by Gasteiger charge is -2.46. The molecule has 0 bridgehead atoms. The number of unbranched alkanes of at least 4 members (excludes halogenated alkanes) is 18. The molecule has 0 radical (unpaired) electrons. The quantitative estimate of drug-likeness (QED) is 0.0223. The van der Waals surface area contributed by atoms with Crippen molar-refractivity contribution in [1.29, 1.82) is 0 Å². The summed E-state index contributed by atoms with van der Waals surface area (Å²) in [7, 11) is 0. The van der Waals surface area contributed by atoms with E-state index in [2.05, 4.69) is 67.8 Å². The van der Waals surface area contributed by atoms with Gasteiger partial charge in [-0.05, 0) is 57.8 Å². The highest BCUT2D eigenvalue weighted by atomic mass is 16.7. The molecule has 12 atom stereocenters. The van der Waals surface area contributed by atoms with Crippen LogP contribution in [-0.4, -0.2) is 140 Å². The van der Waals surface area contributed by atoms with E-state index >= 15 is 0 Å². The van der Waals surface area contributed by atoms with Gasteiger partial charge in [-0.2, -0.15) is 0 Å². The molecule has 2 fully saturated rings. The molecular formula is C53H93NO13. The Morgan fingerprint density at radius 2 is 1.03 bits per heavy atom. The van der Waals surface area contributed by atoms with Gasteiger partial charge < -0.3 is 65.1 Å². The van der Waals surface area contributed by atoms with Crippen molar-refractivity contribution in [3.63, 3.8) is 0 Å². The monoisotopic (exact) mass is 952 g/mol. The van der Waals surface area contributed by atoms with Crippen molar-refractivity contribution in [1.82, 2.24) is 5.32 Å². The number of rotatable bonds is 39. The summed E-state index contributed by atoms with van der Waals surface area (Å²) in [6, 6.07) is -0.920. The van der Waals surface area contributed by atoms with Crippen LogP contribution in [0.2, 0.25) is 0 Å². The number of hydrogen-bond donors (Lipinski definition) is 9. The molecule has 2 rings (SSSR count). The second kappa shape index (κ2) is 39.4. The van der Waals surface area contributed by atoms with Gasteiger partial charge in [0.15, 0.2) is 12.6 Å². The second-order valence-electron chi connectivity index (χ2n) is 18.3. The predicted molar refractivity (Wildman–Crippen MR) is 263 cm³/mol. The smallest absolute Gasteiger partial charge is 0.220 e. The predicted octanol–water partition coefficient (Wildman–Crippen LogP) is 7.05. The number of hydrogen-bond acceptors (Lipinski definition) is 13. The van der Waals surface area contributed by atoms with Crippen molar-refractivity contribution < 1.29 is 64.6 Å². The first-order valence-electron chi connectivity index (χ1n) is 26.0. The molecule has 12 unspecified atom stereocenters. The maximum Gasteiger partial charge on any atom is 0.220 e. The molecule has 2 aliphatic rings. The zero-order valence-electron chi connectivity index (χ0n) is 41.1. The molecule has 2 heterocycles. The number of aliphatic hydroxyl groups excluding tert-OH is 8. The van der Waals surface area contributed by atoms with Crippen LogP contribution in [0, 0.1) is 0 Å². The van der Waals surface area contributed by atoms with Crippen molar-refractivity contribution in [3.8, 4) is 0 Å². The molecule has 0 saturated carbocycles. The maximum atomic E-state index is 13.2. The average molecular weight is 952 g/mol. The van der Waals surface area contributed by atoms with Crippen molar-refractivity contribution in [2.75, 3.05) is 19.8 Å². The standard InChI is InChI=1S/C53H93NO13/c1-3-5-7-9-11-13-15-17-18-19-20-21-22-23-24-25-27-29-31-33-35-37-45(58)54-41(42(57)36-34-32-30-28-26-16-14-12-10-8-6-4-2)40-64-52-50(63)48(61)51(44(39-56)66-52)67-53-49(62)47(60)46(59)43(38-55)65-53/h5,7,11,13,17-18,20-21,34,36,41-44,46-53,55-57,59-63H,3-4,6,8-10,12,14-16,19,22-33,35,37-40H2,1-2H3,(H,54,58)/b7-5-,13-11-,18-17-,21-20-,36-34+. The van der Waals surface area contributed by atoms with Gasteiger partial charge in [0.1, 0.15) is 48.8 Å². The van der Waals surface area contributed by atoms with Crippen LogP contribution >= 0.6 is 0 Å². The number of nitrogens with one attached hydrogen (secondary N) is 1. The lowest BCUT2D eigenvalue weighted by atomic mass is 9.97. The summed E-state index contributed by atoms with van der Waals surface area (Å²) in [4.78, 5) is 13.2. The van der Waals surface area contributed by atoms with Crippen LogP contribution in [0.25, 0.3) is 0 Å². The SMILES string of the molecule is CC/C=C\C/C=C\C/C=C\C/C=C\CCCCCCCCCCC(=O)NC(COC1OC(CO)C(OC2OC(CO)C(O)C(O)C2O)C(O)C1O)C(O)/C=C/CCCCCCCCCCCC. The highest BCUT2D eigenvalue weighted by Crippen LogP contribution is 2.30. The number of aliphatic hydroxyl groups is 8. The Bertz CT molecular complexity index is 1360. The van der Waals surface area contributed by atoms with E-state index in [1.54, 1.807) is 6.08 Å². The van der Waals surface area contributed by atoms with Crippen molar-refractivity contribution in [2.45, 2.75) is 248 Å². The van der Waals surface area contributed by atoms with E-state index in [4.69, 9.17) is 18.9 Å². The van der Waals surface area contributed by atoms with E-state index in [0.717, 1.165) is 70.6 Å². The van der Waals surface area contributed by atoms with Gasteiger partial charge in [-0.1, -0.05) is 171 Å². The largest absolute Gasteiger partial charge is 0.394 e. The van der Waals surface area contributed by atoms with E-state index in [-0.39, 0.29) is 18.9 Å². The Kier molecular flexibility index (Phi) is 35.8. The molecule has 9 N–H and O–H groups in total. The summed E-state index contributed by atoms with van der Waals surface area (Å²) < 4.78 is 22.7. The van der Waals surface area contributed by atoms with Crippen molar-refractivity contribution in [3.05, 3.63) is 60.8 Å². The first kappa shape index (κ1) is 60.8. The average Bonchev–Trinajstić information content (AvgIpc) is 3.32. The van der Waals surface area contributed by atoms with Gasteiger partial charge in [-0.15, -0.1) is 0 Å². The van der Waals surface area contributed by atoms with Crippen LogP contribution in [0.1, 0.15) is 174 Å². The zero-order chi connectivity index (χ0) is 48.9. The van der Waals surface area contributed by atoms with Crippen LogP contribution in [0.15, 0.2) is 60.8 Å². The van der Waals surface area contributed by atoms with E-state index in [0.29, 0.717) is 6.42 Å². The van der Waals surface area contributed by atoms with Crippen molar-refractivity contribution in [2.24, 2.45) is 0 Å². The fourth-order valence-electron chi connectivity index (χ4n) is 8.22. The fourth-order valence-corrected chi connectivity index (χ4v) is 8.22. The van der Waals surface area contributed by atoms with Gasteiger partial charge in [0, 0.05) is 6.42 Å². The number of carbonyl (C=O) groups excluding carboxylic acids is 1. The van der Waals surface area contributed by atoms with Gasteiger partial charge in [0.2, 0.25) is 5.91 Å². The molecule has 14 heteroatoms. The van der Waals surface area contributed by atoms with Gasteiger partial charge in [-0.3, -0.25) is 4.79 Å². The minimum atomic E-state index is -1.79. The van der Waals surface area contributed by atoms with Crippen LogP contribution in [0.4, 0.5) is 0 Å². The molecule has 14 nitrogen and oxygen atoms in total. The fraction of sp³-hybridized carbons (Fsp3) is 0.792. The van der Waals surface area contributed by atoms with E-state index in [1.807, 2.05) is 6.08 Å². The van der Waals surface area contributed by atoms with Gasteiger partial charge in [-0.25, -0.2) is 0 Å². The summed E-state index contributed by atoms with van der Waals surface area (Å²) >= 11 is 0. The molecule has 0 aromatic heterocycles. The lowest BCUT2D eigenvalue weighted by molar-refractivity contribution is -0.359. The van der Waals surface area contributed by atoms with E-state index < -0.39 is 86.8 Å². The third kappa shape index (κ3) is 26.5. The topological polar surface area (TPSA) is 228 Å². The molecule has 0 aromatic carbocycles. The Labute approximate surface area is 403 Å². The summed E-state index contributed by atoms with van der Waals surface area (Å²) in [5.74, 6) is -0.252. The summed E-state index contributed by atoms with van der Waals surface area (Å²) in [6.45, 7) is 2.64. The highest BCUT2D eigenvalue weighted by Gasteiger charge is 2.51. The zero-order valence-corrected chi connectivity index (χ0v) is 41.1. The number of amides is 1. The Hall–Kier alpha value is -2.31. The molecule has 0 aromatic rings. The minimum absolute atomic E-state index is 0.252. The Morgan fingerprint density at radius 1 is 0.552 bits per heavy atom. The first-order valence-corrected chi connectivity index (χ1v) is 26.0. The number of carbonyl (C=O) groups is 1. The third-order valence-corrected chi connectivity index (χ3v) is 12.5. The molecule has 0 spiro atoms. The molecular weight excluding hydrogens is 859 g/mol. The molecule has 67 heavy (non-hydrogen) atoms. The second-order valence-corrected chi connectivity index (χ2v) is 18.3. The molecule has 388 valence electrons. The molecule has 1 amide bonds. The van der Waals surface area contributed by atoms with E-state index in [1.165, 1.54) is 77.0 Å². The van der Waals surface area contributed by atoms with Crippen LogP contribution in [0.5, 0.6) is 0 Å². The summed E-state index contributed by atoms with van der Waals surface area (Å²) in [6.07, 6.45) is 31.1. The molecule has 2 saturated heterocycles. The van der Waals surface area contributed by atoms with Crippen LogP contribution in [-0.2, 0) is 23.7 Å². The Morgan fingerprint density at radius 3 is 1.58 bits per heavy atom.